The number of rotatable bonds is 8. The van der Waals surface area contributed by atoms with Crippen molar-refractivity contribution in [2.75, 3.05) is 26.4 Å². The Morgan fingerprint density at radius 3 is 1.71 bits per heavy atom. The van der Waals surface area contributed by atoms with E-state index in [1.54, 1.807) is 0 Å². The largest absolute Gasteiger partial charge is 0.381 e. The zero-order valence-corrected chi connectivity index (χ0v) is 10.4. The molecule has 0 radical (unpaired) electrons. The summed E-state index contributed by atoms with van der Waals surface area (Å²) in [5, 5.41) is 0. The van der Waals surface area contributed by atoms with Crippen molar-refractivity contribution in [3.63, 3.8) is 0 Å². The van der Waals surface area contributed by atoms with Gasteiger partial charge in [0.05, 0.1) is 13.2 Å². The summed E-state index contributed by atoms with van der Waals surface area (Å²) in [6, 6.07) is 0. The first-order chi connectivity index (χ1) is 6.54. The number of hydrogen-bond acceptors (Lipinski definition) is 2. The number of hydrogen-bond donors (Lipinski definition) is 0. The van der Waals surface area contributed by atoms with Gasteiger partial charge in [0.25, 0.3) is 0 Å². The molecule has 0 unspecified atom stereocenters. The molecule has 0 saturated carbocycles. The van der Waals surface area contributed by atoms with Crippen molar-refractivity contribution in [2.24, 2.45) is 11.3 Å². The molecule has 2 heteroatoms. The van der Waals surface area contributed by atoms with Crippen LogP contribution in [0.25, 0.3) is 0 Å². The first kappa shape index (κ1) is 13.9. The van der Waals surface area contributed by atoms with E-state index < -0.39 is 0 Å². The lowest BCUT2D eigenvalue weighted by molar-refractivity contribution is -0.0171. The summed E-state index contributed by atoms with van der Waals surface area (Å²) in [7, 11) is 0. The Morgan fingerprint density at radius 2 is 1.43 bits per heavy atom. The Kier molecular flexibility index (Phi) is 7.20. The normalized spacial score (nSPS) is 12.4. The van der Waals surface area contributed by atoms with E-state index in [1.807, 2.05) is 13.8 Å². The van der Waals surface area contributed by atoms with E-state index in [0.717, 1.165) is 32.8 Å². The summed E-state index contributed by atoms with van der Waals surface area (Å²) in [5.74, 6) is 0.695. The quantitative estimate of drug-likeness (QED) is 0.602. The van der Waals surface area contributed by atoms with Crippen LogP contribution < -0.4 is 0 Å². The van der Waals surface area contributed by atoms with Gasteiger partial charge in [-0.15, -0.1) is 0 Å². The third-order valence-corrected chi connectivity index (χ3v) is 2.21. The standard InChI is InChI=1S/C12H26O2/c1-6-13-9-12(5,8-11(3)4)10-14-7-2/h11H,6-10H2,1-5H3. The molecule has 0 bridgehead atoms. The van der Waals surface area contributed by atoms with Gasteiger partial charge in [-0.1, -0.05) is 20.8 Å². The van der Waals surface area contributed by atoms with Gasteiger partial charge in [0.15, 0.2) is 0 Å². The van der Waals surface area contributed by atoms with Gasteiger partial charge in [-0.3, -0.25) is 0 Å². The fourth-order valence-electron chi connectivity index (χ4n) is 1.84. The van der Waals surface area contributed by atoms with Gasteiger partial charge >= 0.3 is 0 Å². The van der Waals surface area contributed by atoms with Crippen molar-refractivity contribution in [3.8, 4) is 0 Å². The minimum absolute atomic E-state index is 0.181. The van der Waals surface area contributed by atoms with Crippen molar-refractivity contribution in [2.45, 2.75) is 41.0 Å². The summed E-state index contributed by atoms with van der Waals surface area (Å²) in [5.41, 5.74) is 0.181. The van der Waals surface area contributed by atoms with Crippen LogP contribution in [0, 0.1) is 11.3 Å². The van der Waals surface area contributed by atoms with Crippen molar-refractivity contribution >= 4 is 0 Å². The minimum atomic E-state index is 0.181. The molecule has 0 heterocycles. The van der Waals surface area contributed by atoms with E-state index in [4.69, 9.17) is 9.47 Å². The third-order valence-electron chi connectivity index (χ3n) is 2.21. The second kappa shape index (κ2) is 7.24. The van der Waals surface area contributed by atoms with Gasteiger partial charge in [-0.2, -0.15) is 0 Å². The smallest absolute Gasteiger partial charge is 0.0541 e. The molecular formula is C12H26O2. The molecule has 0 aliphatic heterocycles. The molecule has 0 saturated heterocycles. The average molecular weight is 202 g/mol. The highest BCUT2D eigenvalue weighted by Gasteiger charge is 2.25. The van der Waals surface area contributed by atoms with E-state index in [1.165, 1.54) is 0 Å². The molecule has 0 aliphatic rings. The van der Waals surface area contributed by atoms with Crippen LogP contribution in [-0.2, 0) is 9.47 Å². The lowest BCUT2D eigenvalue weighted by Gasteiger charge is -2.30. The molecule has 0 aromatic carbocycles. The third kappa shape index (κ3) is 6.39. The summed E-state index contributed by atoms with van der Waals surface area (Å²) < 4.78 is 11.0. The topological polar surface area (TPSA) is 18.5 Å². The molecule has 0 amide bonds. The summed E-state index contributed by atoms with van der Waals surface area (Å²) in [6.07, 6.45) is 1.16. The molecule has 0 atom stereocenters. The minimum Gasteiger partial charge on any atom is -0.381 e. The zero-order chi connectivity index (χ0) is 11.0. The van der Waals surface area contributed by atoms with Gasteiger partial charge < -0.3 is 9.47 Å². The highest BCUT2D eigenvalue weighted by molar-refractivity contribution is 4.75. The Morgan fingerprint density at radius 1 is 1.00 bits per heavy atom. The van der Waals surface area contributed by atoms with E-state index in [9.17, 15) is 0 Å². The van der Waals surface area contributed by atoms with Crippen LogP contribution in [-0.4, -0.2) is 26.4 Å². The Bertz CT molecular complexity index is 124. The predicted molar refractivity (Wildman–Crippen MR) is 60.5 cm³/mol. The molecule has 0 aromatic rings. The number of ether oxygens (including phenoxy) is 2. The van der Waals surface area contributed by atoms with Crippen molar-refractivity contribution in [1.82, 2.24) is 0 Å². The van der Waals surface area contributed by atoms with Crippen LogP contribution >= 0.6 is 0 Å². The molecule has 0 fully saturated rings. The van der Waals surface area contributed by atoms with Crippen LogP contribution in [0.5, 0.6) is 0 Å². The average Bonchev–Trinajstić information content (AvgIpc) is 2.11. The van der Waals surface area contributed by atoms with Crippen LogP contribution in [0.1, 0.15) is 41.0 Å². The van der Waals surface area contributed by atoms with Gasteiger partial charge in [0.1, 0.15) is 0 Å². The van der Waals surface area contributed by atoms with Crippen LogP contribution in [0.15, 0.2) is 0 Å². The maximum absolute atomic E-state index is 5.52. The highest BCUT2D eigenvalue weighted by atomic mass is 16.5. The highest BCUT2D eigenvalue weighted by Crippen LogP contribution is 2.26. The fourth-order valence-corrected chi connectivity index (χ4v) is 1.84. The van der Waals surface area contributed by atoms with E-state index in [-0.39, 0.29) is 5.41 Å². The maximum atomic E-state index is 5.52. The molecule has 0 spiro atoms. The molecule has 2 nitrogen and oxygen atoms in total. The Hall–Kier alpha value is -0.0800. The van der Waals surface area contributed by atoms with Gasteiger partial charge in [0.2, 0.25) is 0 Å². The van der Waals surface area contributed by atoms with E-state index >= 15 is 0 Å². The second-order valence-electron chi connectivity index (χ2n) is 4.68. The Labute approximate surface area is 89.0 Å². The molecule has 0 rings (SSSR count). The Balaban J connectivity index is 4.03. The SMILES string of the molecule is CCOCC(C)(COCC)CC(C)C. The fraction of sp³-hybridized carbons (Fsp3) is 1.00. The zero-order valence-electron chi connectivity index (χ0n) is 10.4. The van der Waals surface area contributed by atoms with Crippen LogP contribution in [0.3, 0.4) is 0 Å². The molecule has 14 heavy (non-hydrogen) atoms. The second-order valence-corrected chi connectivity index (χ2v) is 4.68. The van der Waals surface area contributed by atoms with Crippen molar-refractivity contribution in [3.05, 3.63) is 0 Å². The summed E-state index contributed by atoms with van der Waals surface area (Å²) in [6.45, 7) is 14.0. The predicted octanol–water partition coefficient (Wildman–Crippen LogP) is 3.11. The first-order valence-electron chi connectivity index (χ1n) is 5.69. The van der Waals surface area contributed by atoms with Crippen LogP contribution in [0.2, 0.25) is 0 Å². The van der Waals surface area contributed by atoms with E-state index in [0.29, 0.717) is 5.92 Å². The van der Waals surface area contributed by atoms with Crippen LogP contribution in [0.4, 0.5) is 0 Å². The van der Waals surface area contributed by atoms with E-state index in [2.05, 4.69) is 20.8 Å². The molecule has 0 aromatic heterocycles. The van der Waals surface area contributed by atoms with Crippen molar-refractivity contribution < 1.29 is 9.47 Å². The molecule has 0 N–H and O–H groups in total. The first-order valence-corrected chi connectivity index (χ1v) is 5.69. The van der Waals surface area contributed by atoms with Gasteiger partial charge in [-0.25, -0.2) is 0 Å². The summed E-state index contributed by atoms with van der Waals surface area (Å²) >= 11 is 0. The van der Waals surface area contributed by atoms with Gasteiger partial charge in [0, 0.05) is 18.6 Å². The molecular weight excluding hydrogens is 176 g/mol. The summed E-state index contributed by atoms with van der Waals surface area (Å²) in [4.78, 5) is 0. The van der Waals surface area contributed by atoms with Gasteiger partial charge in [-0.05, 0) is 26.2 Å². The molecule has 86 valence electrons. The van der Waals surface area contributed by atoms with Crippen molar-refractivity contribution in [1.29, 1.82) is 0 Å². The lowest BCUT2D eigenvalue weighted by atomic mass is 9.83. The monoisotopic (exact) mass is 202 g/mol. The maximum Gasteiger partial charge on any atom is 0.0541 e. The molecule has 0 aliphatic carbocycles. The lowest BCUT2D eigenvalue weighted by Crippen LogP contribution is -2.31.